The van der Waals surface area contributed by atoms with Gasteiger partial charge in [-0.3, -0.25) is 0 Å². The quantitative estimate of drug-likeness (QED) is 0.574. The molecule has 82 valence electrons. The minimum Gasteiger partial charge on any atom is -0.397 e. The molecule has 0 fully saturated rings. The molecule has 1 aromatic rings. The summed E-state index contributed by atoms with van der Waals surface area (Å²) in [5.41, 5.74) is 7.29. The van der Waals surface area contributed by atoms with Crippen LogP contribution >= 0.6 is 11.8 Å². The van der Waals surface area contributed by atoms with Crippen molar-refractivity contribution in [2.75, 3.05) is 29.1 Å². The summed E-state index contributed by atoms with van der Waals surface area (Å²) in [7, 11) is 0. The van der Waals surface area contributed by atoms with Gasteiger partial charge in [0.2, 0.25) is 0 Å². The Morgan fingerprint density at radius 3 is 3.07 bits per heavy atom. The van der Waals surface area contributed by atoms with Gasteiger partial charge in [0, 0.05) is 18.1 Å². The number of aryl methyl sites for hydroxylation is 1. The molecule has 0 saturated carbocycles. The van der Waals surface area contributed by atoms with Crippen LogP contribution in [0.4, 0.5) is 11.5 Å². The van der Waals surface area contributed by atoms with E-state index in [1.807, 2.05) is 36.9 Å². The third-order valence-corrected chi connectivity index (χ3v) is 2.88. The lowest BCUT2D eigenvalue weighted by molar-refractivity contribution is 1.13. The summed E-state index contributed by atoms with van der Waals surface area (Å²) < 4.78 is 0. The molecule has 4 heteroatoms. The van der Waals surface area contributed by atoms with Gasteiger partial charge in [-0.05, 0) is 19.1 Å². The molecule has 0 unspecified atom stereocenters. The molecule has 0 aliphatic rings. The number of nitrogens with one attached hydrogen (secondary N) is 1. The van der Waals surface area contributed by atoms with Gasteiger partial charge in [0.05, 0.1) is 11.4 Å². The molecule has 0 spiro atoms. The van der Waals surface area contributed by atoms with Gasteiger partial charge in [0.15, 0.2) is 0 Å². The number of anilines is 2. The number of nitrogen functional groups attached to an aromatic ring is 1. The zero-order chi connectivity index (χ0) is 11.1. The van der Waals surface area contributed by atoms with Crippen LogP contribution in [0, 0.1) is 6.92 Å². The van der Waals surface area contributed by atoms with Crippen LogP contribution in [0.5, 0.6) is 0 Å². The highest BCUT2D eigenvalue weighted by molar-refractivity contribution is 7.99. The number of pyridine rings is 1. The molecule has 0 aromatic carbocycles. The normalized spacial score (nSPS) is 9.93. The van der Waals surface area contributed by atoms with Gasteiger partial charge < -0.3 is 11.1 Å². The second-order valence-corrected chi connectivity index (χ2v) is 4.31. The van der Waals surface area contributed by atoms with Gasteiger partial charge >= 0.3 is 0 Å². The van der Waals surface area contributed by atoms with E-state index >= 15 is 0 Å². The van der Waals surface area contributed by atoms with Gasteiger partial charge in [-0.25, -0.2) is 4.98 Å². The van der Waals surface area contributed by atoms with Crippen molar-refractivity contribution >= 4 is 23.3 Å². The van der Waals surface area contributed by atoms with Crippen molar-refractivity contribution in [1.82, 2.24) is 4.98 Å². The Balaban J connectivity index is 2.31. The van der Waals surface area contributed by atoms with Crippen molar-refractivity contribution in [2.45, 2.75) is 6.92 Å². The molecule has 1 aromatic heterocycles. The van der Waals surface area contributed by atoms with E-state index in [9.17, 15) is 0 Å². The number of rotatable bonds is 6. The number of nitrogens with zero attached hydrogens (tertiary/aromatic N) is 1. The molecule has 3 N–H and O–H groups in total. The lowest BCUT2D eigenvalue weighted by atomic mass is 10.3. The van der Waals surface area contributed by atoms with Crippen LogP contribution in [-0.4, -0.2) is 23.0 Å². The van der Waals surface area contributed by atoms with Crippen LogP contribution in [0.1, 0.15) is 5.69 Å². The average molecular weight is 223 g/mol. The van der Waals surface area contributed by atoms with E-state index in [2.05, 4.69) is 16.9 Å². The summed E-state index contributed by atoms with van der Waals surface area (Å²) in [6.07, 6.45) is 1.91. The highest BCUT2D eigenvalue weighted by Crippen LogP contribution is 2.11. The Morgan fingerprint density at radius 2 is 2.40 bits per heavy atom. The van der Waals surface area contributed by atoms with E-state index in [0.29, 0.717) is 0 Å². The van der Waals surface area contributed by atoms with Gasteiger partial charge in [0.25, 0.3) is 0 Å². The van der Waals surface area contributed by atoms with E-state index in [1.54, 1.807) is 0 Å². The predicted octanol–water partition coefficient (Wildman–Crippen LogP) is 2.30. The van der Waals surface area contributed by atoms with Crippen molar-refractivity contribution in [1.29, 1.82) is 0 Å². The number of aromatic nitrogens is 1. The molecule has 0 amide bonds. The number of hydrogen-bond donors (Lipinski definition) is 2. The molecule has 1 heterocycles. The van der Waals surface area contributed by atoms with Crippen molar-refractivity contribution in [3.05, 3.63) is 30.5 Å². The summed E-state index contributed by atoms with van der Waals surface area (Å²) in [5, 5.41) is 3.25. The molecule has 0 saturated heterocycles. The topological polar surface area (TPSA) is 50.9 Å². The highest BCUT2D eigenvalue weighted by Gasteiger charge is 1.97. The van der Waals surface area contributed by atoms with Crippen molar-refractivity contribution in [3.63, 3.8) is 0 Å². The molecule has 0 aliphatic carbocycles. The Labute approximate surface area is 95.2 Å². The SMILES string of the molecule is C=CCSCCNc1ccc(N)c(C)n1. The number of thioether (sulfide) groups is 1. The third-order valence-electron chi connectivity index (χ3n) is 1.91. The maximum Gasteiger partial charge on any atom is 0.126 e. The van der Waals surface area contributed by atoms with Gasteiger partial charge in [-0.15, -0.1) is 6.58 Å². The van der Waals surface area contributed by atoms with Gasteiger partial charge in [-0.1, -0.05) is 6.08 Å². The fourth-order valence-electron chi connectivity index (χ4n) is 1.09. The molecular formula is C11H17N3S. The summed E-state index contributed by atoms with van der Waals surface area (Å²) >= 11 is 1.85. The molecule has 0 radical (unpaired) electrons. The summed E-state index contributed by atoms with van der Waals surface area (Å²) in [5.74, 6) is 2.94. The van der Waals surface area contributed by atoms with Crippen molar-refractivity contribution < 1.29 is 0 Å². The van der Waals surface area contributed by atoms with Crippen LogP contribution in [0.25, 0.3) is 0 Å². The first kappa shape index (κ1) is 11.9. The van der Waals surface area contributed by atoms with Crippen molar-refractivity contribution in [3.8, 4) is 0 Å². The molecule has 0 aliphatic heterocycles. The maximum absolute atomic E-state index is 5.68. The zero-order valence-corrected chi connectivity index (χ0v) is 9.81. The summed E-state index contributed by atoms with van der Waals surface area (Å²) in [4.78, 5) is 4.32. The lowest BCUT2D eigenvalue weighted by Crippen LogP contribution is -2.07. The molecule has 15 heavy (non-hydrogen) atoms. The third kappa shape index (κ3) is 4.25. The van der Waals surface area contributed by atoms with Gasteiger partial charge in [0.1, 0.15) is 5.82 Å². The molecule has 0 atom stereocenters. The van der Waals surface area contributed by atoms with Crippen molar-refractivity contribution in [2.24, 2.45) is 0 Å². The minimum absolute atomic E-state index is 0.738. The van der Waals surface area contributed by atoms with Crippen LogP contribution in [0.3, 0.4) is 0 Å². The number of hydrogen-bond acceptors (Lipinski definition) is 4. The first-order valence-corrected chi connectivity index (χ1v) is 6.05. The minimum atomic E-state index is 0.738. The monoisotopic (exact) mass is 223 g/mol. The Hall–Kier alpha value is -1.16. The van der Waals surface area contributed by atoms with Gasteiger partial charge in [-0.2, -0.15) is 11.8 Å². The molecular weight excluding hydrogens is 206 g/mol. The molecule has 1 rings (SSSR count). The average Bonchev–Trinajstić information content (AvgIpc) is 2.23. The highest BCUT2D eigenvalue weighted by atomic mass is 32.2. The lowest BCUT2D eigenvalue weighted by Gasteiger charge is -2.06. The van der Waals surface area contributed by atoms with E-state index in [-0.39, 0.29) is 0 Å². The standard InChI is InChI=1S/C11H17N3S/c1-3-7-15-8-6-13-11-5-4-10(12)9(2)14-11/h3-5H,1,6-8,12H2,2H3,(H,13,14). The largest absolute Gasteiger partial charge is 0.397 e. The fraction of sp³-hybridized carbons (Fsp3) is 0.364. The maximum atomic E-state index is 5.68. The Morgan fingerprint density at radius 1 is 1.60 bits per heavy atom. The van der Waals surface area contributed by atoms with E-state index in [0.717, 1.165) is 35.2 Å². The predicted molar refractivity (Wildman–Crippen MR) is 69.4 cm³/mol. The zero-order valence-electron chi connectivity index (χ0n) is 8.99. The summed E-state index contributed by atoms with van der Waals surface area (Å²) in [6, 6.07) is 3.78. The summed E-state index contributed by atoms with van der Waals surface area (Å²) in [6.45, 7) is 6.49. The second-order valence-electron chi connectivity index (χ2n) is 3.16. The van der Waals surface area contributed by atoms with E-state index < -0.39 is 0 Å². The van der Waals surface area contributed by atoms with Crippen LogP contribution in [-0.2, 0) is 0 Å². The van der Waals surface area contributed by atoms with E-state index in [4.69, 9.17) is 5.73 Å². The first-order valence-electron chi connectivity index (χ1n) is 4.89. The Kier molecular flexibility index (Phi) is 5.04. The Bertz CT molecular complexity index is 326. The van der Waals surface area contributed by atoms with Crippen LogP contribution in [0.15, 0.2) is 24.8 Å². The first-order chi connectivity index (χ1) is 7.24. The molecule has 3 nitrogen and oxygen atoms in total. The van der Waals surface area contributed by atoms with E-state index in [1.165, 1.54) is 0 Å². The number of nitrogens with two attached hydrogens (primary N) is 1. The van der Waals surface area contributed by atoms with Crippen LogP contribution < -0.4 is 11.1 Å². The second kappa shape index (κ2) is 6.35. The fourth-order valence-corrected chi connectivity index (χ4v) is 1.67. The van der Waals surface area contributed by atoms with Crippen LogP contribution in [0.2, 0.25) is 0 Å². The smallest absolute Gasteiger partial charge is 0.126 e. The molecule has 0 bridgehead atoms.